The molecule has 1 aromatic heterocycles. The fourth-order valence-electron chi connectivity index (χ4n) is 3.49. The third-order valence-electron chi connectivity index (χ3n) is 5.08. The van der Waals surface area contributed by atoms with Crippen LogP contribution in [0, 0.1) is 11.6 Å². The Labute approximate surface area is 204 Å². The van der Waals surface area contributed by atoms with E-state index in [9.17, 15) is 18.4 Å². The summed E-state index contributed by atoms with van der Waals surface area (Å²) in [6.45, 7) is -0.456. The number of hydrogen-bond acceptors (Lipinski definition) is 5. The van der Waals surface area contributed by atoms with Crippen LogP contribution in [0.3, 0.4) is 0 Å². The first-order valence-corrected chi connectivity index (χ1v) is 11.0. The number of ether oxygens (including phenoxy) is 1. The maximum absolute atomic E-state index is 13.5. The molecule has 0 spiro atoms. The molecule has 0 atom stereocenters. The van der Waals surface area contributed by atoms with Crippen LogP contribution in [0.2, 0.25) is 5.15 Å². The van der Waals surface area contributed by atoms with Gasteiger partial charge >= 0.3 is 5.97 Å². The van der Waals surface area contributed by atoms with Gasteiger partial charge in [0.25, 0.3) is 5.56 Å². The van der Waals surface area contributed by atoms with Crippen LogP contribution in [0.1, 0.15) is 11.1 Å². The minimum atomic E-state index is -0.745. The summed E-state index contributed by atoms with van der Waals surface area (Å²) in [5.74, 6) is -2.31. The fraction of sp³-hybridized carbons (Fsp3) is 0.115. The highest BCUT2D eigenvalue weighted by Gasteiger charge is 2.20. The molecule has 4 aromatic rings. The lowest BCUT2D eigenvalue weighted by Crippen LogP contribution is -2.30. The van der Waals surface area contributed by atoms with Gasteiger partial charge in [0.2, 0.25) is 0 Å². The molecule has 0 aliphatic rings. The molecule has 4 rings (SSSR count). The zero-order chi connectivity index (χ0) is 24.8. The van der Waals surface area contributed by atoms with Gasteiger partial charge in [-0.1, -0.05) is 72.3 Å². The molecule has 178 valence electrons. The van der Waals surface area contributed by atoms with Crippen LogP contribution in [-0.2, 0) is 29.2 Å². The number of benzene rings is 3. The van der Waals surface area contributed by atoms with Crippen molar-refractivity contribution in [1.29, 1.82) is 0 Å². The van der Waals surface area contributed by atoms with Crippen LogP contribution >= 0.6 is 11.6 Å². The normalized spacial score (nSPS) is 10.7. The second-order valence-electron chi connectivity index (χ2n) is 7.63. The molecule has 0 aliphatic carbocycles. The second-order valence-corrected chi connectivity index (χ2v) is 7.99. The van der Waals surface area contributed by atoms with Crippen molar-refractivity contribution < 1.29 is 18.3 Å². The van der Waals surface area contributed by atoms with Gasteiger partial charge in [0, 0.05) is 18.2 Å². The molecule has 3 aromatic carbocycles. The minimum Gasteiger partial charge on any atom is -0.459 e. The third-order valence-corrected chi connectivity index (χ3v) is 5.35. The highest BCUT2D eigenvalue weighted by Crippen LogP contribution is 2.26. The monoisotopic (exact) mass is 495 g/mol. The van der Waals surface area contributed by atoms with Gasteiger partial charge in [0.15, 0.2) is 11.0 Å². The topological polar surface area (TPSA) is 73.2 Å². The first-order valence-electron chi connectivity index (χ1n) is 10.6. The number of hydrogen-bond donors (Lipinski definition) is 1. The summed E-state index contributed by atoms with van der Waals surface area (Å²) in [5, 5.41) is 2.73. The number of nitrogens with zero attached hydrogens (tertiary/aromatic N) is 2. The van der Waals surface area contributed by atoms with E-state index < -0.39 is 29.7 Å². The molecule has 0 aliphatic heterocycles. The highest BCUT2D eigenvalue weighted by molar-refractivity contribution is 6.32. The van der Waals surface area contributed by atoms with Crippen LogP contribution in [0.5, 0.6) is 0 Å². The first-order chi connectivity index (χ1) is 16.9. The van der Waals surface area contributed by atoms with Crippen LogP contribution in [0.4, 0.5) is 14.6 Å². The van der Waals surface area contributed by atoms with E-state index in [-0.39, 0.29) is 35.4 Å². The van der Waals surface area contributed by atoms with Crippen molar-refractivity contribution >= 4 is 23.4 Å². The number of aromatic nitrogens is 2. The number of rotatable bonds is 8. The van der Waals surface area contributed by atoms with Gasteiger partial charge < -0.3 is 10.1 Å². The Morgan fingerprint density at radius 2 is 1.57 bits per heavy atom. The minimum absolute atomic E-state index is 0.0282. The summed E-state index contributed by atoms with van der Waals surface area (Å²) in [4.78, 5) is 30.1. The number of halogens is 3. The molecule has 6 nitrogen and oxygen atoms in total. The standard InChI is InChI=1S/C26H20ClF2N3O3/c27-24-23(19-9-5-2-6-10-19)32(15-22(33)35-16-17-7-3-1-4-8-17)26(34)25(31-24)30-14-18-11-20(28)13-21(29)12-18/h1-13H,14-16H2,(H,30,31). The van der Waals surface area contributed by atoms with Crippen molar-refractivity contribution in [3.8, 4) is 11.3 Å². The maximum Gasteiger partial charge on any atom is 0.326 e. The lowest BCUT2D eigenvalue weighted by molar-refractivity contribution is -0.145. The van der Waals surface area contributed by atoms with Crippen molar-refractivity contribution in [2.45, 2.75) is 19.7 Å². The van der Waals surface area contributed by atoms with Gasteiger partial charge in [-0.3, -0.25) is 14.2 Å². The molecule has 0 unspecified atom stereocenters. The quantitative estimate of drug-likeness (QED) is 0.340. The van der Waals surface area contributed by atoms with Crippen molar-refractivity contribution in [3.05, 3.63) is 117 Å². The molecule has 0 fully saturated rings. The average molecular weight is 496 g/mol. The Bertz CT molecular complexity index is 1380. The smallest absolute Gasteiger partial charge is 0.326 e. The van der Waals surface area contributed by atoms with Crippen molar-refractivity contribution in [2.75, 3.05) is 5.32 Å². The second kappa shape index (κ2) is 10.9. The van der Waals surface area contributed by atoms with Gasteiger partial charge in [-0.15, -0.1) is 0 Å². The summed E-state index contributed by atoms with van der Waals surface area (Å²) < 4.78 is 33.6. The number of nitrogens with one attached hydrogen (secondary N) is 1. The Morgan fingerprint density at radius 1 is 0.943 bits per heavy atom. The summed E-state index contributed by atoms with van der Waals surface area (Å²) in [7, 11) is 0. The lowest BCUT2D eigenvalue weighted by atomic mass is 10.1. The van der Waals surface area contributed by atoms with E-state index in [1.807, 2.05) is 30.3 Å². The molecule has 1 heterocycles. The molecule has 0 radical (unpaired) electrons. The molecule has 0 saturated heterocycles. The number of esters is 1. The number of carbonyl (C=O) groups is 1. The summed E-state index contributed by atoms with van der Waals surface area (Å²) in [6.07, 6.45) is 0. The fourth-order valence-corrected chi connectivity index (χ4v) is 3.78. The van der Waals surface area contributed by atoms with Gasteiger partial charge in [0.05, 0.1) is 5.69 Å². The van der Waals surface area contributed by atoms with E-state index in [0.717, 1.165) is 23.8 Å². The Hall–Kier alpha value is -4.04. The zero-order valence-corrected chi connectivity index (χ0v) is 19.1. The number of anilines is 1. The van der Waals surface area contributed by atoms with Gasteiger partial charge in [0.1, 0.15) is 24.8 Å². The Morgan fingerprint density at radius 3 is 2.23 bits per heavy atom. The predicted molar refractivity (Wildman–Crippen MR) is 129 cm³/mol. The molecule has 0 amide bonds. The largest absolute Gasteiger partial charge is 0.459 e. The SMILES string of the molecule is O=C(Cn1c(-c2ccccc2)c(Cl)nc(NCc2cc(F)cc(F)c2)c1=O)OCc1ccccc1. The molecule has 1 N–H and O–H groups in total. The maximum atomic E-state index is 13.5. The van der Waals surface area contributed by atoms with Crippen molar-refractivity contribution in [1.82, 2.24) is 9.55 Å². The highest BCUT2D eigenvalue weighted by atomic mass is 35.5. The van der Waals surface area contributed by atoms with E-state index in [4.69, 9.17) is 16.3 Å². The van der Waals surface area contributed by atoms with Crippen LogP contribution < -0.4 is 10.9 Å². The van der Waals surface area contributed by atoms with E-state index in [2.05, 4.69) is 10.3 Å². The molecule has 0 bridgehead atoms. The third kappa shape index (κ3) is 6.10. The van der Waals surface area contributed by atoms with Crippen LogP contribution in [0.15, 0.2) is 83.7 Å². The van der Waals surface area contributed by atoms with Crippen molar-refractivity contribution in [3.63, 3.8) is 0 Å². The van der Waals surface area contributed by atoms with Crippen LogP contribution in [-0.4, -0.2) is 15.5 Å². The van der Waals surface area contributed by atoms with Gasteiger partial charge in [-0.25, -0.2) is 13.8 Å². The average Bonchev–Trinajstić information content (AvgIpc) is 2.84. The van der Waals surface area contributed by atoms with E-state index in [0.29, 0.717) is 5.56 Å². The summed E-state index contributed by atoms with van der Waals surface area (Å²) in [5.41, 5.74) is 1.25. The summed E-state index contributed by atoms with van der Waals surface area (Å²) in [6, 6.07) is 20.9. The van der Waals surface area contributed by atoms with Gasteiger partial charge in [-0.2, -0.15) is 0 Å². The Kier molecular flexibility index (Phi) is 7.52. The van der Waals surface area contributed by atoms with Crippen LogP contribution in [0.25, 0.3) is 11.3 Å². The van der Waals surface area contributed by atoms with E-state index in [1.165, 1.54) is 4.57 Å². The summed E-state index contributed by atoms with van der Waals surface area (Å²) >= 11 is 6.45. The molecule has 9 heteroatoms. The van der Waals surface area contributed by atoms with E-state index >= 15 is 0 Å². The Balaban J connectivity index is 1.64. The predicted octanol–water partition coefficient (Wildman–Crippen LogP) is 5.20. The number of carbonyl (C=O) groups excluding carboxylic acids is 1. The zero-order valence-electron chi connectivity index (χ0n) is 18.4. The lowest BCUT2D eigenvalue weighted by Gasteiger charge is -2.16. The van der Waals surface area contributed by atoms with E-state index in [1.54, 1.807) is 30.3 Å². The molecule has 35 heavy (non-hydrogen) atoms. The molecular weight excluding hydrogens is 476 g/mol. The van der Waals surface area contributed by atoms with Crippen molar-refractivity contribution in [2.24, 2.45) is 0 Å². The molecule has 0 saturated carbocycles. The first kappa shape index (κ1) is 24.1. The van der Waals surface area contributed by atoms with Gasteiger partial charge in [-0.05, 0) is 23.3 Å². The molecular formula is C26H20ClF2N3O3.